The van der Waals surface area contributed by atoms with E-state index < -0.39 is 0 Å². The van der Waals surface area contributed by atoms with Crippen LogP contribution in [0.25, 0.3) is 80.7 Å². The minimum atomic E-state index is -0.0404. The molecule has 0 aliphatic carbocycles. The molecular formula is C51H36N4OS. The van der Waals surface area contributed by atoms with Gasteiger partial charge in [-0.2, -0.15) is 0 Å². The minimum Gasteiger partial charge on any atom is -0.456 e. The number of nitrogens with one attached hydrogen (secondary N) is 3. The van der Waals surface area contributed by atoms with Crippen molar-refractivity contribution >= 4 is 75.3 Å². The van der Waals surface area contributed by atoms with Crippen molar-refractivity contribution in [3.8, 4) is 16.8 Å². The zero-order chi connectivity index (χ0) is 37.5. The van der Waals surface area contributed by atoms with Gasteiger partial charge in [0.15, 0.2) is 0 Å². The van der Waals surface area contributed by atoms with Gasteiger partial charge in [-0.15, -0.1) is 11.3 Å². The summed E-state index contributed by atoms with van der Waals surface area (Å²) < 4.78 is 11.4. The Kier molecular flexibility index (Phi) is 7.46. The molecule has 1 aliphatic rings. The molecule has 2 unspecified atom stereocenters. The Bertz CT molecular complexity index is 3210. The molecule has 0 saturated carbocycles. The van der Waals surface area contributed by atoms with Crippen molar-refractivity contribution in [1.82, 2.24) is 20.5 Å². The van der Waals surface area contributed by atoms with E-state index in [-0.39, 0.29) is 18.5 Å². The predicted octanol–water partition coefficient (Wildman–Crippen LogP) is 12.9. The molecule has 3 aromatic heterocycles. The first-order chi connectivity index (χ1) is 28.2. The fourth-order valence-corrected chi connectivity index (χ4v) is 10.1. The lowest BCUT2D eigenvalue weighted by molar-refractivity contribution is 0.203. The number of furan rings is 1. The first-order valence-corrected chi connectivity index (χ1v) is 20.3. The summed E-state index contributed by atoms with van der Waals surface area (Å²) in [5.74, 6) is 0. The maximum Gasteiger partial charge on any atom is 0.137 e. The Balaban J connectivity index is 0.889. The van der Waals surface area contributed by atoms with E-state index in [0.29, 0.717) is 0 Å². The second-order valence-electron chi connectivity index (χ2n) is 15.1. The van der Waals surface area contributed by atoms with Crippen LogP contribution in [0.3, 0.4) is 0 Å². The lowest BCUT2D eigenvalue weighted by Gasteiger charge is -2.39. The fraction of sp³-hybridized carbons (Fsp3) is 0.0588. The van der Waals surface area contributed by atoms with E-state index in [9.17, 15) is 0 Å². The molecule has 0 radical (unpaired) electrons. The zero-order valence-electron chi connectivity index (χ0n) is 30.8. The molecular weight excluding hydrogens is 717 g/mol. The minimum absolute atomic E-state index is 0.00451. The number of hydrogen-bond acceptors (Lipinski definition) is 5. The molecule has 272 valence electrons. The number of fused-ring (bicyclic) bond motifs is 9. The maximum atomic E-state index is 6.52. The van der Waals surface area contributed by atoms with Gasteiger partial charge in [0, 0.05) is 53.5 Å². The van der Waals surface area contributed by atoms with Crippen LogP contribution in [0, 0.1) is 0 Å². The van der Waals surface area contributed by atoms with E-state index in [1.807, 2.05) is 11.3 Å². The van der Waals surface area contributed by atoms with E-state index in [2.05, 4.69) is 203 Å². The molecule has 0 spiro atoms. The highest BCUT2D eigenvalue weighted by molar-refractivity contribution is 7.25. The Labute approximate surface area is 332 Å². The van der Waals surface area contributed by atoms with E-state index >= 15 is 0 Å². The average Bonchev–Trinajstić information content (AvgIpc) is 3.95. The Morgan fingerprint density at radius 3 is 1.65 bits per heavy atom. The molecule has 5 nitrogen and oxygen atoms in total. The number of nitrogens with zero attached hydrogens (tertiary/aromatic N) is 1. The molecule has 12 rings (SSSR count). The molecule has 1 fully saturated rings. The summed E-state index contributed by atoms with van der Waals surface area (Å²) in [5, 5.41) is 18.8. The van der Waals surface area contributed by atoms with Crippen LogP contribution in [0.15, 0.2) is 186 Å². The van der Waals surface area contributed by atoms with Crippen LogP contribution in [0.2, 0.25) is 0 Å². The zero-order valence-corrected chi connectivity index (χ0v) is 31.6. The lowest BCUT2D eigenvalue weighted by Crippen LogP contribution is -2.54. The average molecular weight is 753 g/mol. The number of aromatic nitrogens is 1. The number of thiophene rings is 1. The standard InChI is InChI=1S/C51H36N4OS/c1-3-11-31(12-4-1)49-52-50(32-13-5-2-6-14-32)54-51(53-49)35-19-23-40-42-28-34(21-26-47(42)57-48(40)29-35)33-20-25-45-41(27-33)39-24-22-36(30-46(39)56-45)55-43-17-9-7-15-37(43)38-16-8-10-18-44(38)55/h1-30,49-54H. The molecule has 3 N–H and O–H groups in total. The van der Waals surface area contributed by atoms with Crippen molar-refractivity contribution in [3.05, 3.63) is 199 Å². The number of rotatable bonds is 5. The quantitative estimate of drug-likeness (QED) is 0.164. The van der Waals surface area contributed by atoms with Gasteiger partial charge in [0.1, 0.15) is 11.2 Å². The Morgan fingerprint density at radius 2 is 0.965 bits per heavy atom. The Hall–Kier alpha value is -6.54. The monoisotopic (exact) mass is 752 g/mol. The summed E-state index contributed by atoms with van der Waals surface area (Å²) in [5.41, 5.74) is 11.3. The van der Waals surface area contributed by atoms with Crippen LogP contribution in [0.5, 0.6) is 0 Å². The molecule has 11 aromatic rings. The highest BCUT2D eigenvalue weighted by Gasteiger charge is 2.30. The molecule has 1 saturated heterocycles. The van der Waals surface area contributed by atoms with Crippen LogP contribution < -0.4 is 16.0 Å². The summed E-state index contributed by atoms with van der Waals surface area (Å²) in [6.45, 7) is 0. The SMILES string of the molecule is c1ccc(C2NC(c3ccccc3)NC(c3ccc4c(c3)sc3ccc(-c5ccc6oc7cc(-n8c9ccccc9c9ccccc98)ccc7c6c5)cc34)N2)cc1. The molecule has 2 atom stereocenters. The summed E-state index contributed by atoms with van der Waals surface area (Å²) in [6.07, 6.45) is -0.0494. The van der Waals surface area contributed by atoms with E-state index in [1.54, 1.807) is 0 Å². The van der Waals surface area contributed by atoms with E-state index in [4.69, 9.17) is 4.42 Å². The maximum absolute atomic E-state index is 6.52. The van der Waals surface area contributed by atoms with Crippen molar-refractivity contribution in [1.29, 1.82) is 0 Å². The third-order valence-corrected chi connectivity index (χ3v) is 12.9. The number of para-hydroxylation sites is 2. The van der Waals surface area contributed by atoms with Crippen LogP contribution >= 0.6 is 11.3 Å². The third kappa shape index (κ3) is 5.41. The molecule has 1 aliphatic heterocycles. The van der Waals surface area contributed by atoms with Crippen LogP contribution in [0.4, 0.5) is 0 Å². The van der Waals surface area contributed by atoms with E-state index in [1.165, 1.54) is 69.8 Å². The highest BCUT2D eigenvalue weighted by atomic mass is 32.1. The molecule has 0 bridgehead atoms. The first kappa shape index (κ1) is 32.7. The lowest BCUT2D eigenvalue weighted by atomic mass is 10.00. The van der Waals surface area contributed by atoms with Gasteiger partial charge < -0.3 is 8.98 Å². The topological polar surface area (TPSA) is 54.2 Å². The van der Waals surface area contributed by atoms with Crippen LogP contribution in [-0.2, 0) is 0 Å². The highest BCUT2D eigenvalue weighted by Crippen LogP contribution is 2.40. The van der Waals surface area contributed by atoms with Crippen molar-refractivity contribution in [3.63, 3.8) is 0 Å². The molecule has 8 aromatic carbocycles. The van der Waals surface area contributed by atoms with Gasteiger partial charge in [-0.25, -0.2) is 0 Å². The Morgan fingerprint density at radius 1 is 0.386 bits per heavy atom. The summed E-state index contributed by atoms with van der Waals surface area (Å²) >= 11 is 1.86. The molecule has 4 heterocycles. The van der Waals surface area contributed by atoms with Crippen molar-refractivity contribution in [2.24, 2.45) is 0 Å². The second-order valence-corrected chi connectivity index (χ2v) is 16.1. The summed E-state index contributed by atoms with van der Waals surface area (Å²) in [4.78, 5) is 0. The number of benzene rings is 8. The van der Waals surface area contributed by atoms with Gasteiger partial charge in [0.2, 0.25) is 0 Å². The van der Waals surface area contributed by atoms with Gasteiger partial charge in [-0.1, -0.05) is 121 Å². The summed E-state index contributed by atoms with van der Waals surface area (Å²) in [7, 11) is 0. The molecule has 0 amide bonds. The van der Waals surface area contributed by atoms with Gasteiger partial charge >= 0.3 is 0 Å². The smallest absolute Gasteiger partial charge is 0.137 e. The number of hydrogen-bond donors (Lipinski definition) is 3. The van der Waals surface area contributed by atoms with Gasteiger partial charge in [0.05, 0.1) is 29.5 Å². The van der Waals surface area contributed by atoms with E-state index in [0.717, 1.165) is 27.6 Å². The largest absolute Gasteiger partial charge is 0.456 e. The van der Waals surface area contributed by atoms with Gasteiger partial charge in [0.25, 0.3) is 0 Å². The predicted molar refractivity (Wildman–Crippen MR) is 237 cm³/mol. The normalized spacial score (nSPS) is 17.4. The van der Waals surface area contributed by atoms with Crippen LogP contribution in [-0.4, -0.2) is 4.57 Å². The van der Waals surface area contributed by atoms with Gasteiger partial charge in [-0.05, 0) is 82.4 Å². The van der Waals surface area contributed by atoms with Crippen molar-refractivity contribution in [2.75, 3.05) is 0 Å². The van der Waals surface area contributed by atoms with Crippen molar-refractivity contribution < 1.29 is 4.42 Å². The third-order valence-electron chi connectivity index (χ3n) is 11.7. The molecule has 57 heavy (non-hydrogen) atoms. The first-order valence-electron chi connectivity index (χ1n) is 19.5. The van der Waals surface area contributed by atoms with Crippen LogP contribution in [0.1, 0.15) is 35.2 Å². The molecule has 6 heteroatoms. The van der Waals surface area contributed by atoms with Crippen molar-refractivity contribution in [2.45, 2.75) is 18.5 Å². The second kappa shape index (κ2) is 13.0. The summed E-state index contributed by atoms with van der Waals surface area (Å²) in [6, 6.07) is 65.6. The van der Waals surface area contributed by atoms with Gasteiger partial charge in [-0.3, -0.25) is 16.0 Å². The fourth-order valence-electron chi connectivity index (χ4n) is 8.95.